The van der Waals surface area contributed by atoms with Crippen molar-refractivity contribution in [1.29, 1.82) is 0 Å². The standard InChI is InChI=1S/C13H20N2O2/c1-8-5-10-11(17-7-16-10)6-9(8)12(14)13(2,3)15-4/h5-6,12,15H,7,14H2,1-4H3. The maximum atomic E-state index is 6.32. The van der Waals surface area contributed by atoms with Crippen LogP contribution in [0.5, 0.6) is 11.5 Å². The quantitative estimate of drug-likeness (QED) is 0.839. The van der Waals surface area contributed by atoms with E-state index in [0.717, 1.165) is 22.6 Å². The smallest absolute Gasteiger partial charge is 0.231 e. The molecule has 0 aromatic heterocycles. The Kier molecular flexibility index (Phi) is 3.02. The van der Waals surface area contributed by atoms with Crippen LogP contribution in [0.15, 0.2) is 12.1 Å². The third-order valence-electron chi connectivity index (χ3n) is 3.52. The van der Waals surface area contributed by atoms with E-state index in [9.17, 15) is 0 Å². The van der Waals surface area contributed by atoms with Gasteiger partial charge in [-0.15, -0.1) is 0 Å². The van der Waals surface area contributed by atoms with Crippen molar-refractivity contribution in [2.45, 2.75) is 32.4 Å². The molecule has 0 bridgehead atoms. The van der Waals surface area contributed by atoms with Crippen molar-refractivity contribution in [3.05, 3.63) is 23.3 Å². The first kappa shape index (κ1) is 12.2. The first-order valence-electron chi connectivity index (χ1n) is 5.80. The van der Waals surface area contributed by atoms with Gasteiger partial charge in [-0.05, 0) is 51.1 Å². The van der Waals surface area contributed by atoms with Crippen LogP contribution in [0.4, 0.5) is 0 Å². The van der Waals surface area contributed by atoms with Gasteiger partial charge in [-0.1, -0.05) is 0 Å². The number of rotatable bonds is 3. The van der Waals surface area contributed by atoms with E-state index in [2.05, 4.69) is 19.2 Å². The van der Waals surface area contributed by atoms with Crippen molar-refractivity contribution in [1.82, 2.24) is 5.32 Å². The highest BCUT2D eigenvalue weighted by molar-refractivity contribution is 5.49. The lowest BCUT2D eigenvalue weighted by molar-refractivity contribution is 0.174. The van der Waals surface area contributed by atoms with Crippen LogP contribution in [-0.2, 0) is 0 Å². The fraction of sp³-hybridized carbons (Fsp3) is 0.538. The van der Waals surface area contributed by atoms with Crippen molar-refractivity contribution < 1.29 is 9.47 Å². The number of nitrogens with two attached hydrogens (primary N) is 1. The van der Waals surface area contributed by atoms with E-state index in [1.807, 2.05) is 26.1 Å². The van der Waals surface area contributed by atoms with Gasteiger partial charge in [0.1, 0.15) is 0 Å². The predicted octanol–water partition coefficient (Wildman–Crippen LogP) is 1.72. The Balaban J connectivity index is 2.39. The molecule has 0 saturated carbocycles. The molecule has 0 saturated heterocycles. The molecule has 4 nitrogen and oxygen atoms in total. The Morgan fingerprint density at radius 2 is 1.88 bits per heavy atom. The highest BCUT2D eigenvalue weighted by Gasteiger charge is 2.28. The van der Waals surface area contributed by atoms with Gasteiger partial charge in [0, 0.05) is 11.6 Å². The van der Waals surface area contributed by atoms with Crippen LogP contribution in [0.25, 0.3) is 0 Å². The van der Waals surface area contributed by atoms with Gasteiger partial charge >= 0.3 is 0 Å². The number of fused-ring (bicyclic) bond motifs is 1. The summed E-state index contributed by atoms with van der Waals surface area (Å²) in [6.45, 7) is 6.51. The summed E-state index contributed by atoms with van der Waals surface area (Å²) in [5.41, 5.74) is 8.37. The first-order valence-corrected chi connectivity index (χ1v) is 5.80. The van der Waals surface area contributed by atoms with Crippen LogP contribution in [-0.4, -0.2) is 19.4 Å². The Labute approximate surface area is 102 Å². The Hall–Kier alpha value is -1.26. The summed E-state index contributed by atoms with van der Waals surface area (Å²) in [4.78, 5) is 0. The number of hydrogen-bond acceptors (Lipinski definition) is 4. The summed E-state index contributed by atoms with van der Waals surface area (Å²) in [6.07, 6.45) is 0. The monoisotopic (exact) mass is 236 g/mol. The molecule has 1 aliphatic rings. The largest absolute Gasteiger partial charge is 0.454 e. The van der Waals surface area contributed by atoms with Gasteiger partial charge in [-0.2, -0.15) is 0 Å². The number of hydrogen-bond donors (Lipinski definition) is 2. The highest BCUT2D eigenvalue weighted by Crippen LogP contribution is 2.37. The van der Waals surface area contributed by atoms with E-state index in [0.29, 0.717) is 6.79 Å². The lowest BCUT2D eigenvalue weighted by Gasteiger charge is -2.32. The van der Waals surface area contributed by atoms with E-state index < -0.39 is 0 Å². The van der Waals surface area contributed by atoms with Crippen LogP contribution < -0.4 is 20.5 Å². The fourth-order valence-electron chi connectivity index (χ4n) is 1.94. The molecular formula is C13H20N2O2. The number of aryl methyl sites for hydroxylation is 1. The highest BCUT2D eigenvalue weighted by atomic mass is 16.7. The summed E-state index contributed by atoms with van der Waals surface area (Å²) in [5.74, 6) is 1.59. The molecule has 3 N–H and O–H groups in total. The third kappa shape index (κ3) is 2.10. The summed E-state index contributed by atoms with van der Waals surface area (Å²) >= 11 is 0. The Morgan fingerprint density at radius 1 is 1.29 bits per heavy atom. The average Bonchev–Trinajstić information content (AvgIpc) is 2.73. The maximum Gasteiger partial charge on any atom is 0.231 e. The molecule has 1 unspecified atom stereocenters. The zero-order valence-corrected chi connectivity index (χ0v) is 10.8. The molecule has 1 aromatic rings. The molecule has 94 valence electrons. The van der Waals surface area contributed by atoms with E-state index in [1.54, 1.807) is 0 Å². The molecule has 1 aliphatic heterocycles. The normalized spacial score (nSPS) is 16.1. The van der Waals surface area contributed by atoms with Crippen LogP contribution in [0, 0.1) is 6.92 Å². The van der Waals surface area contributed by atoms with Crippen molar-refractivity contribution in [3.63, 3.8) is 0 Å². The molecule has 0 spiro atoms. The molecule has 4 heteroatoms. The number of ether oxygens (including phenoxy) is 2. The lowest BCUT2D eigenvalue weighted by Crippen LogP contribution is -2.46. The number of nitrogens with one attached hydrogen (secondary N) is 1. The van der Waals surface area contributed by atoms with Crippen molar-refractivity contribution in [2.24, 2.45) is 5.73 Å². The van der Waals surface area contributed by atoms with Gasteiger partial charge in [-0.3, -0.25) is 0 Å². The fourth-order valence-corrected chi connectivity index (χ4v) is 1.94. The van der Waals surface area contributed by atoms with E-state index in [-0.39, 0.29) is 11.6 Å². The van der Waals surface area contributed by atoms with E-state index in [4.69, 9.17) is 15.2 Å². The lowest BCUT2D eigenvalue weighted by atomic mass is 9.87. The van der Waals surface area contributed by atoms with E-state index >= 15 is 0 Å². The molecule has 1 heterocycles. The molecule has 1 aromatic carbocycles. The van der Waals surface area contributed by atoms with Gasteiger partial charge < -0.3 is 20.5 Å². The Morgan fingerprint density at radius 3 is 2.47 bits per heavy atom. The van der Waals surface area contributed by atoms with Crippen molar-refractivity contribution >= 4 is 0 Å². The van der Waals surface area contributed by atoms with Crippen molar-refractivity contribution in [2.75, 3.05) is 13.8 Å². The van der Waals surface area contributed by atoms with Gasteiger partial charge in [0.2, 0.25) is 6.79 Å². The molecule has 2 rings (SSSR count). The SMILES string of the molecule is CNC(C)(C)C(N)c1cc2c(cc1C)OCO2. The van der Waals surface area contributed by atoms with Gasteiger partial charge in [0.15, 0.2) is 11.5 Å². The van der Waals surface area contributed by atoms with Crippen LogP contribution >= 0.6 is 0 Å². The predicted molar refractivity (Wildman–Crippen MR) is 67.4 cm³/mol. The second-order valence-electron chi connectivity index (χ2n) is 5.01. The minimum absolute atomic E-state index is 0.0954. The Bertz CT molecular complexity index is 430. The average molecular weight is 236 g/mol. The molecule has 0 aliphatic carbocycles. The zero-order valence-electron chi connectivity index (χ0n) is 10.8. The second-order valence-corrected chi connectivity index (χ2v) is 5.01. The minimum Gasteiger partial charge on any atom is -0.454 e. The van der Waals surface area contributed by atoms with Crippen LogP contribution in [0.1, 0.15) is 31.0 Å². The second kappa shape index (κ2) is 4.20. The summed E-state index contributed by atoms with van der Waals surface area (Å²) in [7, 11) is 1.92. The summed E-state index contributed by atoms with van der Waals surface area (Å²) < 4.78 is 10.7. The third-order valence-corrected chi connectivity index (χ3v) is 3.52. The first-order chi connectivity index (χ1) is 7.95. The molecule has 0 radical (unpaired) electrons. The van der Waals surface area contributed by atoms with Gasteiger partial charge in [0.25, 0.3) is 0 Å². The number of likely N-dealkylation sites (N-methyl/N-ethyl adjacent to an activating group) is 1. The summed E-state index contributed by atoms with van der Waals surface area (Å²) in [6, 6.07) is 3.88. The van der Waals surface area contributed by atoms with Crippen LogP contribution in [0.3, 0.4) is 0 Å². The van der Waals surface area contributed by atoms with E-state index in [1.165, 1.54) is 0 Å². The molecule has 0 amide bonds. The maximum absolute atomic E-state index is 6.32. The molecule has 0 fully saturated rings. The molecule has 1 atom stereocenters. The number of benzene rings is 1. The summed E-state index contributed by atoms with van der Waals surface area (Å²) in [5, 5.41) is 3.24. The van der Waals surface area contributed by atoms with Gasteiger partial charge in [0.05, 0.1) is 0 Å². The molecular weight excluding hydrogens is 216 g/mol. The molecule has 17 heavy (non-hydrogen) atoms. The van der Waals surface area contributed by atoms with Gasteiger partial charge in [-0.25, -0.2) is 0 Å². The van der Waals surface area contributed by atoms with Crippen molar-refractivity contribution in [3.8, 4) is 11.5 Å². The zero-order chi connectivity index (χ0) is 12.6. The van der Waals surface area contributed by atoms with Crippen LogP contribution in [0.2, 0.25) is 0 Å². The topological polar surface area (TPSA) is 56.5 Å². The minimum atomic E-state index is -0.168.